The van der Waals surface area contributed by atoms with Crippen molar-refractivity contribution in [1.82, 2.24) is 0 Å². The molecule has 0 aromatic heterocycles. The van der Waals surface area contributed by atoms with Crippen LogP contribution in [0.1, 0.15) is 12.0 Å². The van der Waals surface area contributed by atoms with E-state index in [0.717, 1.165) is 12.0 Å². The molecule has 0 radical (unpaired) electrons. The number of hydrogen-bond acceptors (Lipinski definition) is 2. The highest BCUT2D eigenvalue weighted by atomic mass is 35.5. The zero-order valence-electron chi connectivity index (χ0n) is 9.24. The number of ether oxygens (including phenoxy) is 1. The lowest BCUT2D eigenvalue weighted by molar-refractivity contribution is 0.313. The largest absolute Gasteiger partial charge is 0.492 e. The van der Waals surface area contributed by atoms with Gasteiger partial charge in [-0.05, 0) is 24.6 Å². The summed E-state index contributed by atoms with van der Waals surface area (Å²) in [5.74, 6) is 0.806. The molecule has 1 rings (SSSR count). The first-order valence-electron chi connectivity index (χ1n) is 5.04. The minimum absolute atomic E-state index is 0.105. The number of hydrogen-bond donors (Lipinski definition) is 2. The summed E-state index contributed by atoms with van der Waals surface area (Å²) in [6.07, 6.45) is 0.752. The van der Waals surface area contributed by atoms with Crippen molar-refractivity contribution in [1.29, 1.82) is 0 Å². The maximum Gasteiger partial charge on any atom is 0.185 e. The van der Waals surface area contributed by atoms with Crippen LogP contribution in [0.5, 0.6) is 5.75 Å². The maximum absolute atomic E-state index is 5.97. The van der Waals surface area contributed by atoms with Gasteiger partial charge in [0.1, 0.15) is 5.75 Å². The fraction of sp³-hybridized carbons (Fsp3) is 0.364. The second-order valence-electron chi connectivity index (χ2n) is 3.44. The van der Waals surface area contributed by atoms with Crippen LogP contribution in [0.15, 0.2) is 23.2 Å². The zero-order valence-corrected chi connectivity index (χ0v) is 10.00. The van der Waals surface area contributed by atoms with Gasteiger partial charge in [-0.15, -0.1) is 0 Å². The molecule has 0 saturated heterocycles. The Labute approximate surface area is 100 Å². The fourth-order valence-electron chi connectivity index (χ4n) is 1.18. The zero-order chi connectivity index (χ0) is 12.0. The predicted octanol–water partition coefficient (Wildman–Crippen LogP) is 1.69. The van der Waals surface area contributed by atoms with Crippen molar-refractivity contribution in [3.8, 4) is 5.75 Å². The molecule has 0 saturated carbocycles. The Hall–Kier alpha value is -1.42. The summed E-state index contributed by atoms with van der Waals surface area (Å²) in [4.78, 5) is 3.85. The molecule has 0 unspecified atom stereocenters. The van der Waals surface area contributed by atoms with Gasteiger partial charge in [0, 0.05) is 13.0 Å². The molecular formula is C11H16ClN3O. The second-order valence-corrected chi connectivity index (χ2v) is 3.85. The Bertz CT molecular complexity index is 375. The van der Waals surface area contributed by atoms with Gasteiger partial charge in [-0.25, -0.2) is 0 Å². The Kier molecular flexibility index (Phi) is 4.92. The molecule has 0 aliphatic heterocycles. The molecule has 0 aliphatic rings. The van der Waals surface area contributed by atoms with Gasteiger partial charge in [-0.1, -0.05) is 17.7 Å². The molecule has 4 N–H and O–H groups in total. The summed E-state index contributed by atoms with van der Waals surface area (Å²) in [6, 6.07) is 5.67. The van der Waals surface area contributed by atoms with Gasteiger partial charge in [0.25, 0.3) is 0 Å². The SMILES string of the molecule is Cc1ccc(Cl)c(OCCCN=C(N)N)c1. The number of aryl methyl sites for hydroxylation is 1. The number of nitrogens with zero attached hydrogens (tertiary/aromatic N) is 1. The third kappa shape index (κ3) is 4.40. The summed E-state index contributed by atoms with van der Waals surface area (Å²) < 4.78 is 5.52. The molecular weight excluding hydrogens is 226 g/mol. The first kappa shape index (κ1) is 12.6. The summed E-state index contributed by atoms with van der Waals surface area (Å²) in [5, 5.41) is 0.618. The Morgan fingerprint density at radius 2 is 2.19 bits per heavy atom. The van der Waals surface area contributed by atoms with E-state index < -0.39 is 0 Å². The molecule has 5 heteroatoms. The smallest absolute Gasteiger partial charge is 0.185 e. The monoisotopic (exact) mass is 241 g/mol. The van der Waals surface area contributed by atoms with Gasteiger partial charge in [-0.3, -0.25) is 4.99 Å². The van der Waals surface area contributed by atoms with E-state index in [-0.39, 0.29) is 5.96 Å². The summed E-state index contributed by atoms with van der Waals surface area (Å²) >= 11 is 5.97. The normalized spacial score (nSPS) is 9.88. The molecule has 0 bridgehead atoms. The molecule has 1 aromatic rings. The number of rotatable bonds is 5. The average molecular weight is 242 g/mol. The summed E-state index contributed by atoms with van der Waals surface area (Å²) in [7, 11) is 0. The van der Waals surface area contributed by atoms with Crippen LogP contribution in [-0.4, -0.2) is 19.1 Å². The van der Waals surface area contributed by atoms with Crippen molar-refractivity contribution in [2.24, 2.45) is 16.5 Å². The predicted molar refractivity (Wildman–Crippen MR) is 67.0 cm³/mol. The van der Waals surface area contributed by atoms with E-state index in [0.29, 0.717) is 23.9 Å². The van der Waals surface area contributed by atoms with Gasteiger partial charge in [0.05, 0.1) is 11.6 Å². The van der Waals surface area contributed by atoms with Crippen LogP contribution in [-0.2, 0) is 0 Å². The topological polar surface area (TPSA) is 73.6 Å². The number of nitrogens with two attached hydrogens (primary N) is 2. The Morgan fingerprint density at radius 1 is 1.44 bits per heavy atom. The lowest BCUT2D eigenvalue weighted by Crippen LogP contribution is -2.23. The summed E-state index contributed by atoms with van der Waals surface area (Å²) in [5.41, 5.74) is 11.5. The van der Waals surface area contributed by atoms with Crippen molar-refractivity contribution < 1.29 is 4.74 Å². The van der Waals surface area contributed by atoms with Crippen LogP contribution in [0.2, 0.25) is 5.02 Å². The van der Waals surface area contributed by atoms with E-state index in [1.165, 1.54) is 0 Å². The Balaban J connectivity index is 2.37. The van der Waals surface area contributed by atoms with Crippen LogP contribution >= 0.6 is 11.6 Å². The third-order valence-corrected chi connectivity index (χ3v) is 2.25. The Morgan fingerprint density at radius 3 is 2.88 bits per heavy atom. The summed E-state index contributed by atoms with van der Waals surface area (Å²) in [6.45, 7) is 3.09. The van der Waals surface area contributed by atoms with Crippen LogP contribution in [0, 0.1) is 6.92 Å². The number of aliphatic imine (C=N–C) groups is 1. The van der Waals surface area contributed by atoms with Gasteiger partial charge >= 0.3 is 0 Å². The van der Waals surface area contributed by atoms with Crippen molar-refractivity contribution in [3.05, 3.63) is 28.8 Å². The first-order valence-corrected chi connectivity index (χ1v) is 5.41. The molecule has 0 amide bonds. The fourth-order valence-corrected chi connectivity index (χ4v) is 1.35. The second kappa shape index (κ2) is 6.23. The van der Waals surface area contributed by atoms with Crippen LogP contribution in [0.3, 0.4) is 0 Å². The van der Waals surface area contributed by atoms with Crippen LogP contribution in [0.4, 0.5) is 0 Å². The standard InChI is InChI=1S/C11H16ClN3O/c1-8-3-4-9(12)10(7-8)16-6-2-5-15-11(13)14/h3-4,7H,2,5-6H2,1H3,(H4,13,14,15). The molecule has 4 nitrogen and oxygen atoms in total. The molecule has 1 aromatic carbocycles. The van der Waals surface area contributed by atoms with Crippen molar-refractivity contribution >= 4 is 17.6 Å². The third-order valence-electron chi connectivity index (χ3n) is 1.94. The molecule has 16 heavy (non-hydrogen) atoms. The van der Waals surface area contributed by atoms with Gasteiger partial charge in [-0.2, -0.15) is 0 Å². The first-order chi connectivity index (χ1) is 7.59. The lowest BCUT2D eigenvalue weighted by Gasteiger charge is -2.07. The minimum Gasteiger partial charge on any atom is -0.492 e. The molecule has 0 heterocycles. The van der Waals surface area contributed by atoms with Crippen LogP contribution in [0.25, 0.3) is 0 Å². The van der Waals surface area contributed by atoms with E-state index >= 15 is 0 Å². The molecule has 88 valence electrons. The van der Waals surface area contributed by atoms with Gasteiger partial charge in [0.15, 0.2) is 5.96 Å². The van der Waals surface area contributed by atoms with Crippen LogP contribution < -0.4 is 16.2 Å². The highest BCUT2D eigenvalue weighted by Gasteiger charge is 2.00. The highest BCUT2D eigenvalue weighted by Crippen LogP contribution is 2.25. The van der Waals surface area contributed by atoms with Crippen molar-refractivity contribution in [3.63, 3.8) is 0 Å². The van der Waals surface area contributed by atoms with Crippen molar-refractivity contribution in [2.75, 3.05) is 13.2 Å². The number of halogens is 1. The molecule has 0 fully saturated rings. The quantitative estimate of drug-likeness (QED) is 0.468. The molecule has 0 aliphatic carbocycles. The van der Waals surface area contributed by atoms with Gasteiger partial charge in [0.2, 0.25) is 0 Å². The van der Waals surface area contributed by atoms with Gasteiger partial charge < -0.3 is 16.2 Å². The lowest BCUT2D eigenvalue weighted by atomic mass is 10.2. The average Bonchev–Trinajstić information content (AvgIpc) is 2.22. The van der Waals surface area contributed by atoms with E-state index in [1.54, 1.807) is 0 Å². The minimum atomic E-state index is 0.105. The number of benzene rings is 1. The molecule has 0 atom stereocenters. The van der Waals surface area contributed by atoms with E-state index in [1.807, 2.05) is 25.1 Å². The number of guanidine groups is 1. The van der Waals surface area contributed by atoms with E-state index in [4.69, 9.17) is 27.8 Å². The molecule has 0 spiro atoms. The highest BCUT2D eigenvalue weighted by molar-refractivity contribution is 6.32. The van der Waals surface area contributed by atoms with E-state index in [2.05, 4.69) is 4.99 Å². The van der Waals surface area contributed by atoms with E-state index in [9.17, 15) is 0 Å². The maximum atomic E-state index is 5.97. The van der Waals surface area contributed by atoms with Crippen molar-refractivity contribution in [2.45, 2.75) is 13.3 Å².